The van der Waals surface area contributed by atoms with E-state index in [1.54, 1.807) is 4.90 Å². The Morgan fingerprint density at radius 1 is 1.27 bits per heavy atom. The van der Waals surface area contributed by atoms with E-state index in [0.29, 0.717) is 25.1 Å². The number of carbonyl (C=O) groups excluding carboxylic acids is 2. The molecule has 3 aliphatic rings. The summed E-state index contributed by atoms with van der Waals surface area (Å²) in [5, 5.41) is 16.4. The molecule has 6 rings (SSSR count). The monoisotopic (exact) mass is 578 g/mol. The Hall–Kier alpha value is -4.08. The third-order valence-corrected chi connectivity index (χ3v) is 7.89. The highest BCUT2D eigenvalue weighted by molar-refractivity contribution is 5.94. The summed E-state index contributed by atoms with van der Waals surface area (Å²) in [6, 6.07) is 2.88. The summed E-state index contributed by atoms with van der Waals surface area (Å²) in [6.45, 7) is 0.0986. The van der Waals surface area contributed by atoms with Crippen LogP contribution in [0, 0.1) is 11.7 Å². The molecule has 2 N–H and O–H groups in total. The van der Waals surface area contributed by atoms with Gasteiger partial charge in [-0.15, -0.1) is 10.2 Å². The second-order valence-electron chi connectivity index (χ2n) is 10.5. The van der Waals surface area contributed by atoms with Crippen LogP contribution in [0.1, 0.15) is 47.8 Å². The number of likely N-dealkylation sites (tertiary alicyclic amines) is 1. The van der Waals surface area contributed by atoms with Gasteiger partial charge in [0.15, 0.2) is 17.3 Å². The molecule has 41 heavy (non-hydrogen) atoms. The fraction of sp³-hybridized carbons (Fsp3) is 0.520. The lowest BCUT2D eigenvalue weighted by Gasteiger charge is -2.39. The van der Waals surface area contributed by atoms with Crippen LogP contribution in [0.4, 0.5) is 17.6 Å². The van der Waals surface area contributed by atoms with Crippen LogP contribution >= 0.6 is 0 Å². The number of carbonyl (C=O) groups is 2. The molecule has 2 amide bonds. The molecule has 2 atom stereocenters. The number of H-pyrrole nitrogens is 1. The number of rotatable bonds is 6. The molecule has 5 heterocycles. The van der Waals surface area contributed by atoms with E-state index in [4.69, 9.17) is 9.47 Å². The van der Waals surface area contributed by atoms with Crippen LogP contribution in [0.15, 0.2) is 18.3 Å². The van der Waals surface area contributed by atoms with E-state index < -0.39 is 29.5 Å². The number of methoxy groups -OCH3 is 1. The van der Waals surface area contributed by atoms with E-state index in [9.17, 15) is 27.2 Å². The number of piperidine rings is 1. The van der Waals surface area contributed by atoms with Crippen molar-refractivity contribution in [1.82, 2.24) is 40.2 Å². The molecule has 3 aromatic rings. The molecule has 3 aromatic heterocycles. The summed E-state index contributed by atoms with van der Waals surface area (Å²) in [5.41, 5.74) is 0.126. The maximum absolute atomic E-state index is 14.3. The van der Waals surface area contributed by atoms with Crippen LogP contribution in [-0.2, 0) is 28.9 Å². The second kappa shape index (κ2) is 10.1. The fourth-order valence-corrected chi connectivity index (χ4v) is 5.57. The smallest absolute Gasteiger partial charge is 0.451 e. The van der Waals surface area contributed by atoms with Gasteiger partial charge in [0.1, 0.15) is 6.61 Å². The first-order chi connectivity index (χ1) is 19.6. The quantitative estimate of drug-likeness (QED) is 0.425. The largest absolute Gasteiger partial charge is 0.481 e. The highest BCUT2D eigenvalue weighted by Gasteiger charge is 2.54. The molecule has 0 unspecified atom stereocenters. The van der Waals surface area contributed by atoms with Gasteiger partial charge in [-0.2, -0.15) is 18.3 Å². The Bertz CT molecular complexity index is 1480. The minimum atomic E-state index is -4.64. The standard InChI is InChI=1S/C25H26F4N8O4/c1-40-20-6-15(16(26)10-30-20)17-7-18(33-32-17)22(39)37-5-2-13(8-24(37)3-4-24)21(38)31-9-14-11-36-19(12-41-14)34-35-23(36)25(27,28)29/h6-7,10,13-14H,2-5,8-9,11-12H2,1H3,(H,31,38)(H,32,33)/t13-,14-/m0/s1. The lowest BCUT2D eigenvalue weighted by Crippen LogP contribution is -2.51. The summed E-state index contributed by atoms with van der Waals surface area (Å²) in [6.07, 6.45) is -1.95. The molecule has 1 saturated heterocycles. The first-order valence-electron chi connectivity index (χ1n) is 13.0. The van der Waals surface area contributed by atoms with E-state index in [-0.39, 0.29) is 60.4 Å². The van der Waals surface area contributed by atoms with Gasteiger partial charge in [0, 0.05) is 36.2 Å². The average molecular weight is 579 g/mol. The number of aromatic amines is 1. The van der Waals surface area contributed by atoms with Crippen molar-refractivity contribution in [3.8, 4) is 17.1 Å². The number of ether oxygens (including phenoxy) is 2. The average Bonchev–Trinajstić information content (AvgIpc) is 3.35. The lowest BCUT2D eigenvalue weighted by atomic mass is 9.88. The predicted molar refractivity (Wildman–Crippen MR) is 131 cm³/mol. The number of alkyl halides is 3. The highest BCUT2D eigenvalue weighted by Crippen LogP contribution is 2.50. The van der Waals surface area contributed by atoms with Crippen molar-refractivity contribution in [1.29, 1.82) is 0 Å². The molecular weight excluding hydrogens is 552 g/mol. The van der Waals surface area contributed by atoms with Gasteiger partial charge < -0.3 is 24.3 Å². The van der Waals surface area contributed by atoms with Gasteiger partial charge in [-0.3, -0.25) is 14.7 Å². The number of nitrogens with zero attached hydrogens (tertiary/aromatic N) is 6. The summed E-state index contributed by atoms with van der Waals surface area (Å²) < 4.78 is 65.6. The summed E-state index contributed by atoms with van der Waals surface area (Å²) >= 11 is 0. The molecule has 2 aliphatic heterocycles. The van der Waals surface area contributed by atoms with Gasteiger partial charge in [0.2, 0.25) is 17.6 Å². The van der Waals surface area contributed by atoms with E-state index in [2.05, 4.69) is 30.7 Å². The molecular formula is C25H26F4N8O4. The molecule has 218 valence electrons. The Labute approximate surface area is 230 Å². The van der Waals surface area contributed by atoms with Crippen LogP contribution < -0.4 is 10.1 Å². The molecule has 1 spiro atoms. The Morgan fingerprint density at radius 3 is 2.80 bits per heavy atom. The molecule has 1 saturated carbocycles. The van der Waals surface area contributed by atoms with Crippen LogP contribution in [0.5, 0.6) is 5.88 Å². The predicted octanol–water partition coefficient (Wildman–Crippen LogP) is 2.33. The number of nitrogens with one attached hydrogen (secondary N) is 2. The number of hydrogen-bond donors (Lipinski definition) is 2. The maximum atomic E-state index is 14.3. The summed E-state index contributed by atoms with van der Waals surface area (Å²) in [4.78, 5) is 32.0. The third-order valence-electron chi connectivity index (χ3n) is 7.89. The number of pyridine rings is 1. The molecule has 2 fully saturated rings. The first-order valence-corrected chi connectivity index (χ1v) is 13.0. The minimum Gasteiger partial charge on any atom is -0.481 e. The van der Waals surface area contributed by atoms with E-state index in [1.165, 1.54) is 19.2 Å². The molecule has 16 heteroatoms. The highest BCUT2D eigenvalue weighted by atomic mass is 19.4. The van der Waals surface area contributed by atoms with Crippen molar-refractivity contribution in [2.24, 2.45) is 5.92 Å². The van der Waals surface area contributed by atoms with Crippen molar-refractivity contribution < 1.29 is 36.6 Å². The van der Waals surface area contributed by atoms with Gasteiger partial charge >= 0.3 is 6.18 Å². The van der Waals surface area contributed by atoms with Gasteiger partial charge in [-0.1, -0.05) is 0 Å². The van der Waals surface area contributed by atoms with E-state index in [1.807, 2.05) is 0 Å². The van der Waals surface area contributed by atoms with Gasteiger partial charge in [0.25, 0.3) is 5.91 Å². The second-order valence-corrected chi connectivity index (χ2v) is 10.5. The van der Waals surface area contributed by atoms with Crippen LogP contribution in [-0.4, -0.2) is 78.5 Å². The third kappa shape index (κ3) is 5.11. The van der Waals surface area contributed by atoms with Gasteiger partial charge in [-0.25, -0.2) is 9.37 Å². The van der Waals surface area contributed by atoms with E-state index in [0.717, 1.165) is 23.6 Å². The Morgan fingerprint density at radius 2 is 2.07 bits per heavy atom. The Kier molecular flexibility index (Phi) is 6.66. The van der Waals surface area contributed by atoms with Crippen LogP contribution in [0.25, 0.3) is 11.3 Å². The number of hydrogen-bond acceptors (Lipinski definition) is 8. The summed E-state index contributed by atoms with van der Waals surface area (Å²) in [5.74, 6) is -2.30. The zero-order valence-corrected chi connectivity index (χ0v) is 21.9. The molecule has 12 nitrogen and oxygen atoms in total. The van der Waals surface area contributed by atoms with Crippen molar-refractivity contribution in [2.45, 2.75) is 56.7 Å². The fourth-order valence-electron chi connectivity index (χ4n) is 5.57. The SMILES string of the molecule is COc1cc(-c2cc(C(=O)N3CC[C@H](C(=O)NC[C@H]4Cn5c(nnc5C(F)(F)F)CO4)CC34CC4)n[nH]2)c(F)cn1. The topological polar surface area (TPSA) is 140 Å². The number of halogens is 4. The van der Waals surface area contributed by atoms with Gasteiger partial charge in [0.05, 0.1) is 31.6 Å². The Balaban J connectivity index is 1.06. The first kappa shape index (κ1) is 27.1. The molecule has 0 radical (unpaired) electrons. The molecule has 0 bridgehead atoms. The van der Waals surface area contributed by atoms with Crippen molar-refractivity contribution in [2.75, 3.05) is 20.2 Å². The van der Waals surface area contributed by atoms with Crippen LogP contribution in [0.2, 0.25) is 0 Å². The number of aromatic nitrogens is 6. The minimum absolute atomic E-state index is 0.0340. The normalized spacial score (nSPS) is 21.4. The number of amides is 2. The maximum Gasteiger partial charge on any atom is 0.451 e. The zero-order valence-electron chi connectivity index (χ0n) is 21.9. The van der Waals surface area contributed by atoms with Crippen molar-refractivity contribution >= 4 is 11.8 Å². The summed E-state index contributed by atoms with van der Waals surface area (Å²) in [7, 11) is 1.41. The van der Waals surface area contributed by atoms with Crippen LogP contribution in [0.3, 0.4) is 0 Å². The molecule has 1 aliphatic carbocycles. The van der Waals surface area contributed by atoms with E-state index >= 15 is 0 Å². The van der Waals surface area contributed by atoms with Gasteiger partial charge in [-0.05, 0) is 31.7 Å². The van der Waals surface area contributed by atoms with Crippen molar-refractivity contribution in [3.63, 3.8) is 0 Å². The number of fused-ring (bicyclic) bond motifs is 1. The zero-order chi connectivity index (χ0) is 28.9. The molecule has 0 aromatic carbocycles. The van der Waals surface area contributed by atoms with Crippen molar-refractivity contribution in [3.05, 3.63) is 41.5 Å². The lowest BCUT2D eigenvalue weighted by molar-refractivity contribution is -0.149.